The minimum atomic E-state index is -3.71. The molecule has 0 spiro atoms. The van der Waals surface area contributed by atoms with Crippen LogP contribution in [0.4, 0.5) is 11.4 Å². The molecule has 2 aromatic rings. The number of rotatable bonds is 6. The molecule has 0 fully saturated rings. The van der Waals surface area contributed by atoms with Gasteiger partial charge in [0.1, 0.15) is 0 Å². The van der Waals surface area contributed by atoms with Gasteiger partial charge in [-0.2, -0.15) is 0 Å². The lowest BCUT2D eigenvalue weighted by atomic mass is 9.92. The van der Waals surface area contributed by atoms with Crippen LogP contribution in [0.15, 0.2) is 41.3 Å². The van der Waals surface area contributed by atoms with E-state index >= 15 is 0 Å². The summed E-state index contributed by atoms with van der Waals surface area (Å²) in [6.45, 7) is 2.32. The highest BCUT2D eigenvalue weighted by Crippen LogP contribution is 2.33. The third-order valence-corrected chi connectivity index (χ3v) is 9.19. The lowest BCUT2D eigenvalue weighted by molar-refractivity contribution is 0.585. The van der Waals surface area contributed by atoms with Crippen molar-refractivity contribution in [3.63, 3.8) is 0 Å². The lowest BCUT2D eigenvalue weighted by Gasteiger charge is -2.30. The molecule has 6 nitrogen and oxygen atoms in total. The number of hydrogen-bond donors (Lipinski definition) is 1. The van der Waals surface area contributed by atoms with Crippen LogP contribution in [0.3, 0.4) is 0 Å². The molecule has 0 unspecified atom stereocenters. The Hall–Kier alpha value is -2.06. The van der Waals surface area contributed by atoms with Crippen LogP contribution in [0, 0.1) is 0 Å². The summed E-state index contributed by atoms with van der Waals surface area (Å²) in [5.74, 6) is 0.110. The summed E-state index contributed by atoms with van der Waals surface area (Å²) in [5.41, 5.74) is 4.33. The van der Waals surface area contributed by atoms with Crippen molar-refractivity contribution < 1.29 is 16.8 Å². The molecule has 0 radical (unpaired) electrons. The predicted octanol–water partition coefficient (Wildman–Crippen LogP) is 3.86. The molecule has 1 N–H and O–H groups in total. The van der Waals surface area contributed by atoms with Crippen molar-refractivity contribution in [1.82, 2.24) is 0 Å². The van der Waals surface area contributed by atoms with Crippen molar-refractivity contribution in [3.8, 4) is 0 Å². The van der Waals surface area contributed by atoms with Crippen molar-refractivity contribution in [3.05, 3.63) is 53.1 Å². The first kappa shape index (κ1) is 21.2. The molecule has 1 aliphatic heterocycles. The summed E-state index contributed by atoms with van der Waals surface area (Å²) in [5, 5.41) is 0. The third kappa shape index (κ3) is 4.21. The first-order valence-corrected chi connectivity index (χ1v) is 13.7. The minimum Gasteiger partial charge on any atom is -0.280 e. The summed E-state index contributed by atoms with van der Waals surface area (Å²) in [6.07, 6.45) is 6.17. The maximum absolute atomic E-state index is 12.9. The molecule has 0 saturated carbocycles. The van der Waals surface area contributed by atoms with Gasteiger partial charge in [-0.15, -0.1) is 0 Å². The first-order valence-electron chi connectivity index (χ1n) is 10.6. The topological polar surface area (TPSA) is 83.6 Å². The second-order valence-corrected chi connectivity index (χ2v) is 11.8. The van der Waals surface area contributed by atoms with Gasteiger partial charge >= 0.3 is 0 Å². The summed E-state index contributed by atoms with van der Waals surface area (Å²) >= 11 is 0. The molecule has 0 aromatic heterocycles. The van der Waals surface area contributed by atoms with Crippen molar-refractivity contribution in [2.24, 2.45) is 0 Å². The molecule has 8 heteroatoms. The smallest absolute Gasteiger partial charge is 0.261 e. The summed E-state index contributed by atoms with van der Waals surface area (Å²) < 4.78 is 55.2. The van der Waals surface area contributed by atoms with E-state index < -0.39 is 20.0 Å². The maximum Gasteiger partial charge on any atom is 0.261 e. The van der Waals surface area contributed by atoms with Crippen LogP contribution in [-0.4, -0.2) is 29.1 Å². The second-order valence-electron chi connectivity index (χ2n) is 8.08. The number of fused-ring (bicyclic) bond motifs is 2. The van der Waals surface area contributed by atoms with Crippen LogP contribution in [0.1, 0.15) is 49.3 Å². The summed E-state index contributed by atoms with van der Waals surface area (Å²) in [6, 6.07) is 10.5. The number of nitrogens with one attached hydrogen (secondary N) is 1. The molecular weight excluding hydrogens is 420 g/mol. The highest BCUT2D eigenvalue weighted by atomic mass is 32.2. The Morgan fingerprint density at radius 1 is 0.867 bits per heavy atom. The molecule has 1 heterocycles. The van der Waals surface area contributed by atoms with Gasteiger partial charge in [-0.3, -0.25) is 9.03 Å². The number of hydrogen-bond acceptors (Lipinski definition) is 4. The molecular formula is C22H28N2O4S2. The van der Waals surface area contributed by atoms with E-state index in [1.165, 1.54) is 9.87 Å². The maximum atomic E-state index is 12.9. The average molecular weight is 449 g/mol. The Labute approximate surface area is 179 Å². The zero-order valence-electron chi connectivity index (χ0n) is 17.2. The highest BCUT2D eigenvalue weighted by Gasteiger charge is 2.27. The van der Waals surface area contributed by atoms with E-state index in [0.29, 0.717) is 24.3 Å². The minimum absolute atomic E-state index is 0.110. The van der Waals surface area contributed by atoms with E-state index in [-0.39, 0.29) is 10.6 Å². The number of aryl methyl sites for hydroxylation is 3. The second kappa shape index (κ2) is 8.23. The van der Waals surface area contributed by atoms with E-state index in [0.717, 1.165) is 49.7 Å². The number of benzene rings is 2. The Morgan fingerprint density at radius 3 is 2.37 bits per heavy atom. The van der Waals surface area contributed by atoms with E-state index in [4.69, 9.17) is 0 Å². The zero-order chi connectivity index (χ0) is 21.4. The Bertz CT molecular complexity index is 1160. The molecule has 2 aromatic carbocycles. The van der Waals surface area contributed by atoms with Gasteiger partial charge in [0.05, 0.1) is 16.3 Å². The molecule has 0 bridgehead atoms. The molecule has 0 saturated heterocycles. The standard InChI is InChI=1S/C22H28N2O4S2/c1-2-14-29(25,26)24-13-5-8-19-15-20(10-12-22(19)24)23-30(27,28)21-11-9-17-6-3-4-7-18(17)16-21/h9-12,15-16,23H,2-8,13-14H2,1H3. The molecule has 0 amide bonds. The quantitative estimate of drug-likeness (QED) is 0.727. The van der Waals surface area contributed by atoms with Crippen molar-refractivity contribution in [1.29, 1.82) is 0 Å². The normalized spacial score (nSPS) is 16.6. The largest absolute Gasteiger partial charge is 0.280 e. The van der Waals surface area contributed by atoms with Gasteiger partial charge in [0.25, 0.3) is 10.0 Å². The van der Waals surface area contributed by atoms with Gasteiger partial charge in [-0.25, -0.2) is 16.8 Å². The molecule has 162 valence electrons. The Kier molecular flexibility index (Phi) is 5.81. The van der Waals surface area contributed by atoms with Crippen LogP contribution in [0.5, 0.6) is 0 Å². The monoisotopic (exact) mass is 448 g/mol. The molecule has 1 aliphatic carbocycles. The van der Waals surface area contributed by atoms with Crippen LogP contribution in [-0.2, 0) is 39.3 Å². The molecule has 30 heavy (non-hydrogen) atoms. The lowest BCUT2D eigenvalue weighted by Crippen LogP contribution is -2.37. The fourth-order valence-corrected chi connectivity index (χ4v) is 7.10. The van der Waals surface area contributed by atoms with Gasteiger partial charge in [-0.05, 0) is 92.0 Å². The van der Waals surface area contributed by atoms with Gasteiger partial charge in [0.2, 0.25) is 10.0 Å². The van der Waals surface area contributed by atoms with Crippen molar-refractivity contribution in [2.75, 3.05) is 21.3 Å². The van der Waals surface area contributed by atoms with Crippen molar-refractivity contribution >= 4 is 31.4 Å². The van der Waals surface area contributed by atoms with Gasteiger partial charge in [0, 0.05) is 12.2 Å². The van der Waals surface area contributed by atoms with Crippen molar-refractivity contribution in [2.45, 2.75) is 56.8 Å². The van der Waals surface area contributed by atoms with Crippen LogP contribution in [0.25, 0.3) is 0 Å². The van der Waals surface area contributed by atoms with Crippen LogP contribution in [0.2, 0.25) is 0 Å². The van der Waals surface area contributed by atoms with E-state index in [9.17, 15) is 16.8 Å². The molecule has 4 rings (SSSR count). The summed E-state index contributed by atoms with van der Waals surface area (Å²) in [7, 11) is -7.06. The highest BCUT2D eigenvalue weighted by molar-refractivity contribution is 7.93. The third-order valence-electron chi connectivity index (χ3n) is 5.84. The van der Waals surface area contributed by atoms with Crippen LogP contribution >= 0.6 is 0 Å². The van der Waals surface area contributed by atoms with Crippen LogP contribution < -0.4 is 9.03 Å². The number of sulfonamides is 2. The van der Waals surface area contributed by atoms with E-state index in [1.54, 1.807) is 30.3 Å². The number of nitrogens with zero attached hydrogens (tertiary/aromatic N) is 1. The fourth-order valence-electron chi connectivity index (χ4n) is 4.37. The SMILES string of the molecule is CCCS(=O)(=O)N1CCCc2cc(NS(=O)(=O)c3ccc4c(c3)CCCC4)ccc21. The van der Waals surface area contributed by atoms with Gasteiger partial charge < -0.3 is 0 Å². The average Bonchev–Trinajstić information content (AvgIpc) is 2.72. The van der Waals surface area contributed by atoms with Gasteiger partial charge in [-0.1, -0.05) is 13.0 Å². The Balaban J connectivity index is 1.60. The molecule has 0 atom stereocenters. The fraction of sp³-hybridized carbons (Fsp3) is 0.455. The first-order chi connectivity index (χ1) is 14.3. The summed E-state index contributed by atoms with van der Waals surface area (Å²) in [4.78, 5) is 0.271. The number of anilines is 2. The Morgan fingerprint density at radius 2 is 1.60 bits per heavy atom. The van der Waals surface area contributed by atoms with E-state index in [2.05, 4.69) is 4.72 Å². The predicted molar refractivity (Wildman–Crippen MR) is 120 cm³/mol. The van der Waals surface area contributed by atoms with Gasteiger partial charge in [0.15, 0.2) is 0 Å². The van der Waals surface area contributed by atoms with E-state index in [1.807, 2.05) is 13.0 Å². The molecule has 2 aliphatic rings. The zero-order valence-corrected chi connectivity index (χ0v) is 18.9.